The molecular formula is C17H22F3NO3. The lowest BCUT2D eigenvalue weighted by molar-refractivity contribution is -0.136. The maximum atomic E-state index is 12.3. The Balaban J connectivity index is 1.74. The molecule has 2 aliphatic rings. The minimum absolute atomic E-state index is 0.0428. The molecule has 0 amide bonds. The fourth-order valence-electron chi connectivity index (χ4n) is 3.80. The lowest BCUT2D eigenvalue weighted by atomic mass is 9.74. The van der Waals surface area contributed by atoms with Gasteiger partial charge in [-0.15, -0.1) is 0 Å². The van der Waals surface area contributed by atoms with Crippen LogP contribution in [0.4, 0.5) is 13.2 Å². The number of fused-ring (bicyclic) bond motifs is 3. The molecule has 1 N–H and O–H groups in total. The summed E-state index contributed by atoms with van der Waals surface area (Å²) in [4.78, 5) is 2.01. The van der Waals surface area contributed by atoms with Crippen LogP contribution in [0.5, 0.6) is 11.5 Å². The number of alkyl halides is 3. The highest BCUT2D eigenvalue weighted by molar-refractivity contribution is 5.46. The average molecular weight is 345 g/mol. The number of hydrogen-bond donors (Lipinski definition) is 1. The lowest BCUT2D eigenvalue weighted by Gasteiger charge is -2.38. The molecule has 0 radical (unpaired) electrons. The zero-order chi connectivity index (χ0) is 17.4. The summed E-state index contributed by atoms with van der Waals surface area (Å²) < 4.78 is 48.1. The number of nitrogens with zero attached hydrogens (tertiary/aromatic N) is 1. The second-order valence-electron chi connectivity index (χ2n) is 6.72. The first-order chi connectivity index (χ1) is 11.4. The van der Waals surface area contributed by atoms with Gasteiger partial charge in [-0.25, -0.2) is 0 Å². The van der Waals surface area contributed by atoms with Crippen LogP contribution in [-0.2, 0) is 0 Å². The summed E-state index contributed by atoms with van der Waals surface area (Å²) in [5.74, 6) is 1.49. The second-order valence-corrected chi connectivity index (χ2v) is 6.72. The van der Waals surface area contributed by atoms with E-state index in [1.807, 2.05) is 23.1 Å². The van der Waals surface area contributed by atoms with Crippen molar-refractivity contribution in [2.24, 2.45) is 5.41 Å². The SMILES string of the molecule is COc1ccc2c(c1)OC[C@@]1(CO)CN(CCCC(F)(F)F)C[C@@H]21. The molecule has 2 aliphatic heterocycles. The molecule has 1 saturated heterocycles. The van der Waals surface area contributed by atoms with E-state index in [9.17, 15) is 18.3 Å². The number of methoxy groups -OCH3 is 1. The van der Waals surface area contributed by atoms with Gasteiger partial charge < -0.3 is 19.5 Å². The van der Waals surface area contributed by atoms with Gasteiger partial charge in [-0.05, 0) is 24.6 Å². The van der Waals surface area contributed by atoms with Crippen LogP contribution in [0.15, 0.2) is 18.2 Å². The first-order valence-electron chi connectivity index (χ1n) is 8.07. The standard InChI is InChI=1S/C17H22F3NO3/c1-23-12-3-4-13-14-8-21(6-2-5-17(18,19)20)9-16(14,10-22)11-24-15(13)7-12/h3-4,7,14,22H,2,5-6,8-11H2,1H3/t14-,16-/m0/s1. The third-order valence-corrected chi connectivity index (χ3v) is 5.08. The van der Waals surface area contributed by atoms with E-state index in [0.29, 0.717) is 32.0 Å². The van der Waals surface area contributed by atoms with Crippen molar-refractivity contribution in [1.82, 2.24) is 4.90 Å². The Bertz CT molecular complexity index is 593. The van der Waals surface area contributed by atoms with Crippen LogP contribution in [0.2, 0.25) is 0 Å². The van der Waals surface area contributed by atoms with Gasteiger partial charge in [-0.2, -0.15) is 13.2 Å². The normalized spacial score (nSPS) is 26.6. The fourth-order valence-corrected chi connectivity index (χ4v) is 3.80. The smallest absolute Gasteiger partial charge is 0.389 e. The number of aliphatic hydroxyl groups excluding tert-OH is 1. The zero-order valence-electron chi connectivity index (χ0n) is 13.6. The van der Waals surface area contributed by atoms with E-state index >= 15 is 0 Å². The van der Waals surface area contributed by atoms with Gasteiger partial charge in [0.1, 0.15) is 11.5 Å². The highest BCUT2D eigenvalue weighted by atomic mass is 19.4. The van der Waals surface area contributed by atoms with Crippen molar-refractivity contribution in [2.75, 3.05) is 40.0 Å². The Kier molecular flexibility index (Phi) is 4.66. The number of benzene rings is 1. The van der Waals surface area contributed by atoms with Gasteiger partial charge in [-0.1, -0.05) is 6.07 Å². The Morgan fingerprint density at radius 3 is 2.88 bits per heavy atom. The van der Waals surface area contributed by atoms with Gasteiger partial charge in [0.05, 0.1) is 20.3 Å². The summed E-state index contributed by atoms with van der Waals surface area (Å²) in [7, 11) is 1.58. The maximum absolute atomic E-state index is 12.3. The molecule has 7 heteroatoms. The molecule has 1 fully saturated rings. The second kappa shape index (κ2) is 6.44. The molecule has 0 bridgehead atoms. The molecule has 3 rings (SSSR count). The highest BCUT2D eigenvalue weighted by Gasteiger charge is 2.50. The predicted octanol–water partition coefficient (Wildman–Crippen LogP) is 2.81. The van der Waals surface area contributed by atoms with Crippen molar-refractivity contribution in [3.05, 3.63) is 23.8 Å². The number of likely N-dealkylation sites (tertiary alicyclic amines) is 1. The number of hydrogen-bond acceptors (Lipinski definition) is 4. The minimum Gasteiger partial charge on any atom is -0.497 e. The Hall–Kier alpha value is -1.47. The third kappa shape index (κ3) is 3.32. The van der Waals surface area contributed by atoms with Crippen molar-refractivity contribution in [3.8, 4) is 11.5 Å². The molecule has 1 aromatic rings. The van der Waals surface area contributed by atoms with E-state index in [1.54, 1.807) is 7.11 Å². The van der Waals surface area contributed by atoms with Gasteiger partial charge in [-0.3, -0.25) is 0 Å². The van der Waals surface area contributed by atoms with Crippen molar-refractivity contribution in [2.45, 2.75) is 24.9 Å². The Morgan fingerprint density at radius 2 is 2.21 bits per heavy atom. The average Bonchev–Trinajstić information content (AvgIpc) is 2.92. The van der Waals surface area contributed by atoms with Crippen LogP contribution >= 0.6 is 0 Å². The molecule has 0 spiro atoms. The molecule has 0 aliphatic carbocycles. The summed E-state index contributed by atoms with van der Waals surface area (Å²) in [6.07, 6.45) is -4.81. The number of rotatable bonds is 5. The first kappa shape index (κ1) is 17.4. The highest BCUT2D eigenvalue weighted by Crippen LogP contribution is 2.50. The number of ether oxygens (including phenoxy) is 2. The molecule has 2 heterocycles. The van der Waals surface area contributed by atoms with Gasteiger partial charge in [0, 0.05) is 36.9 Å². The zero-order valence-corrected chi connectivity index (χ0v) is 13.6. The van der Waals surface area contributed by atoms with Crippen LogP contribution < -0.4 is 9.47 Å². The molecule has 4 nitrogen and oxygen atoms in total. The maximum Gasteiger partial charge on any atom is 0.389 e. The largest absolute Gasteiger partial charge is 0.497 e. The first-order valence-corrected chi connectivity index (χ1v) is 8.07. The summed E-state index contributed by atoms with van der Waals surface area (Å²) >= 11 is 0. The summed E-state index contributed by atoms with van der Waals surface area (Å²) in [6.45, 7) is 1.89. The van der Waals surface area contributed by atoms with Gasteiger partial charge in [0.15, 0.2) is 0 Å². The van der Waals surface area contributed by atoms with Gasteiger partial charge in [0.25, 0.3) is 0 Å². The van der Waals surface area contributed by atoms with E-state index in [4.69, 9.17) is 9.47 Å². The van der Waals surface area contributed by atoms with Crippen LogP contribution in [-0.4, -0.2) is 56.1 Å². The fraction of sp³-hybridized carbons (Fsp3) is 0.647. The number of halogens is 3. The van der Waals surface area contributed by atoms with Crippen molar-refractivity contribution < 1.29 is 27.8 Å². The lowest BCUT2D eigenvalue weighted by Crippen LogP contribution is -2.42. The molecule has 0 saturated carbocycles. The van der Waals surface area contributed by atoms with Crippen LogP contribution in [0.25, 0.3) is 0 Å². The molecule has 24 heavy (non-hydrogen) atoms. The molecule has 0 aromatic heterocycles. The van der Waals surface area contributed by atoms with Gasteiger partial charge >= 0.3 is 6.18 Å². The molecular weight excluding hydrogens is 323 g/mol. The topological polar surface area (TPSA) is 41.9 Å². The molecule has 0 unspecified atom stereocenters. The molecule has 1 aromatic carbocycles. The van der Waals surface area contributed by atoms with E-state index < -0.39 is 18.0 Å². The van der Waals surface area contributed by atoms with E-state index in [1.165, 1.54) is 0 Å². The van der Waals surface area contributed by atoms with E-state index in [-0.39, 0.29) is 18.9 Å². The number of aliphatic hydroxyl groups is 1. The minimum atomic E-state index is -4.12. The van der Waals surface area contributed by atoms with Crippen LogP contribution in [0.1, 0.15) is 24.3 Å². The molecule has 2 atom stereocenters. The van der Waals surface area contributed by atoms with Crippen molar-refractivity contribution in [3.63, 3.8) is 0 Å². The predicted molar refractivity (Wildman–Crippen MR) is 82.5 cm³/mol. The van der Waals surface area contributed by atoms with Crippen molar-refractivity contribution in [1.29, 1.82) is 0 Å². The van der Waals surface area contributed by atoms with E-state index in [2.05, 4.69) is 0 Å². The van der Waals surface area contributed by atoms with Gasteiger partial charge in [0.2, 0.25) is 0 Å². The Morgan fingerprint density at radius 1 is 1.42 bits per heavy atom. The van der Waals surface area contributed by atoms with Crippen LogP contribution in [0.3, 0.4) is 0 Å². The van der Waals surface area contributed by atoms with Crippen molar-refractivity contribution >= 4 is 0 Å². The summed E-state index contributed by atoms with van der Waals surface area (Å²) in [6, 6.07) is 5.60. The molecule has 134 valence electrons. The third-order valence-electron chi connectivity index (χ3n) is 5.08. The monoisotopic (exact) mass is 345 g/mol. The summed E-state index contributed by atoms with van der Waals surface area (Å²) in [5, 5.41) is 9.94. The van der Waals surface area contributed by atoms with Crippen LogP contribution in [0, 0.1) is 5.41 Å². The Labute approximate surface area is 139 Å². The quantitative estimate of drug-likeness (QED) is 0.891. The van der Waals surface area contributed by atoms with E-state index in [0.717, 1.165) is 11.3 Å². The summed E-state index contributed by atoms with van der Waals surface area (Å²) in [5.41, 5.74) is 0.550.